The van der Waals surface area contributed by atoms with Crippen molar-refractivity contribution in [1.29, 1.82) is 0 Å². The lowest BCUT2D eigenvalue weighted by Gasteiger charge is -2.47. The Bertz CT molecular complexity index is 850. The molecule has 1 unspecified atom stereocenters. The Morgan fingerprint density at radius 3 is 2.72 bits per heavy atom. The van der Waals surface area contributed by atoms with Crippen molar-refractivity contribution in [3.8, 4) is 11.1 Å². The van der Waals surface area contributed by atoms with Crippen LogP contribution in [0.2, 0.25) is 0 Å². The topological polar surface area (TPSA) is 54.3 Å². The normalized spacial score (nSPS) is 22.8. The molecule has 1 atom stereocenters. The maximum absolute atomic E-state index is 14.0. The van der Waals surface area contributed by atoms with Crippen LogP contribution in [0.4, 0.5) is 4.39 Å². The Kier molecular flexibility index (Phi) is 4.88. The van der Waals surface area contributed by atoms with E-state index in [0.717, 1.165) is 0 Å². The van der Waals surface area contributed by atoms with Crippen LogP contribution in [0.3, 0.4) is 0 Å². The van der Waals surface area contributed by atoms with Crippen LogP contribution in [-0.2, 0) is 6.54 Å². The van der Waals surface area contributed by atoms with E-state index >= 15 is 0 Å². The predicted octanol–water partition coefficient (Wildman–Crippen LogP) is 3.17. The summed E-state index contributed by atoms with van der Waals surface area (Å²) in [6, 6.07) is 7.77. The SMILES string of the molecule is CC1(C)CNCCC1(O)Cn1cc(Br)c(-c2ccccc2F)cc1=O. The van der Waals surface area contributed by atoms with Gasteiger partial charge < -0.3 is 15.0 Å². The minimum Gasteiger partial charge on any atom is -0.387 e. The smallest absolute Gasteiger partial charge is 0.251 e. The van der Waals surface area contributed by atoms with Gasteiger partial charge in [-0.25, -0.2) is 4.39 Å². The molecule has 1 fully saturated rings. The molecule has 0 spiro atoms. The molecule has 0 amide bonds. The van der Waals surface area contributed by atoms with Crippen molar-refractivity contribution in [2.24, 2.45) is 5.41 Å². The minimum absolute atomic E-state index is 0.205. The number of nitrogens with zero attached hydrogens (tertiary/aromatic N) is 1. The number of halogens is 2. The van der Waals surface area contributed by atoms with Crippen molar-refractivity contribution < 1.29 is 9.50 Å². The molecule has 1 aromatic carbocycles. The number of benzene rings is 1. The molecule has 1 aliphatic rings. The average Bonchev–Trinajstić information content (AvgIpc) is 2.54. The molecule has 0 radical (unpaired) electrons. The molecule has 0 bridgehead atoms. The van der Waals surface area contributed by atoms with Crippen LogP contribution in [0, 0.1) is 11.2 Å². The lowest BCUT2D eigenvalue weighted by Crippen LogP contribution is -2.58. The van der Waals surface area contributed by atoms with Gasteiger partial charge in [-0.05, 0) is 35.0 Å². The van der Waals surface area contributed by atoms with E-state index in [1.54, 1.807) is 24.4 Å². The first-order valence-electron chi connectivity index (χ1n) is 8.31. The predicted molar refractivity (Wildman–Crippen MR) is 100 cm³/mol. The standard InChI is InChI=1S/C19H22BrFN2O2/c1-18(2)11-22-8-7-19(18,25)12-23-10-15(20)14(9-17(23)24)13-5-3-4-6-16(13)21/h3-6,9-10,22,25H,7-8,11-12H2,1-2H3. The van der Waals surface area contributed by atoms with Gasteiger partial charge in [-0.15, -0.1) is 0 Å². The molecule has 1 aromatic heterocycles. The Hall–Kier alpha value is -1.50. The first-order chi connectivity index (χ1) is 11.7. The fraction of sp³-hybridized carbons (Fsp3) is 0.421. The molecular weight excluding hydrogens is 387 g/mol. The monoisotopic (exact) mass is 408 g/mol. The maximum Gasteiger partial charge on any atom is 0.251 e. The molecule has 3 rings (SSSR count). The molecule has 1 saturated heterocycles. The van der Waals surface area contributed by atoms with Crippen LogP contribution in [-0.4, -0.2) is 28.4 Å². The highest BCUT2D eigenvalue weighted by atomic mass is 79.9. The van der Waals surface area contributed by atoms with E-state index in [9.17, 15) is 14.3 Å². The van der Waals surface area contributed by atoms with Crippen molar-refractivity contribution in [2.45, 2.75) is 32.4 Å². The van der Waals surface area contributed by atoms with Gasteiger partial charge in [0.1, 0.15) is 5.82 Å². The van der Waals surface area contributed by atoms with Crippen molar-refractivity contribution >= 4 is 15.9 Å². The lowest BCUT2D eigenvalue weighted by atomic mass is 9.70. The summed E-state index contributed by atoms with van der Waals surface area (Å²) in [6.07, 6.45) is 2.21. The second kappa shape index (κ2) is 6.67. The van der Waals surface area contributed by atoms with Crippen LogP contribution < -0.4 is 10.9 Å². The highest BCUT2D eigenvalue weighted by Gasteiger charge is 2.45. The molecule has 4 nitrogen and oxygen atoms in total. The number of hydrogen-bond donors (Lipinski definition) is 2. The summed E-state index contributed by atoms with van der Waals surface area (Å²) < 4.78 is 16.2. The Labute approximate surface area is 154 Å². The molecule has 2 N–H and O–H groups in total. The number of aliphatic hydroxyl groups is 1. The maximum atomic E-state index is 14.0. The first-order valence-corrected chi connectivity index (χ1v) is 9.11. The number of hydrogen-bond acceptors (Lipinski definition) is 3. The molecular formula is C19H22BrFN2O2. The van der Waals surface area contributed by atoms with E-state index in [1.807, 2.05) is 13.8 Å². The zero-order valence-electron chi connectivity index (χ0n) is 14.4. The molecule has 1 aliphatic heterocycles. The molecule has 2 heterocycles. The van der Waals surface area contributed by atoms with Gasteiger partial charge in [0.15, 0.2) is 0 Å². The first kappa shape index (κ1) is 18.3. The van der Waals surface area contributed by atoms with Gasteiger partial charge in [0.05, 0.1) is 12.1 Å². The minimum atomic E-state index is -0.985. The Balaban J connectivity index is 1.99. The van der Waals surface area contributed by atoms with Gasteiger partial charge in [0, 0.05) is 39.8 Å². The number of nitrogens with one attached hydrogen (secondary N) is 1. The van der Waals surface area contributed by atoms with Crippen LogP contribution in [0.15, 0.2) is 45.8 Å². The van der Waals surface area contributed by atoms with Crippen molar-refractivity contribution in [3.05, 3.63) is 57.2 Å². The molecule has 2 aromatic rings. The largest absolute Gasteiger partial charge is 0.387 e. The quantitative estimate of drug-likeness (QED) is 0.819. The third-order valence-electron chi connectivity index (χ3n) is 5.22. The summed E-state index contributed by atoms with van der Waals surface area (Å²) >= 11 is 3.44. The van der Waals surface area contributed by atoms with Crippen LogP contribution in [0.5, 0.6) is 0 Å². The van der Waals surface area contributed by atoms with E-state index in [-0.39, 0.29) is 23.3 Å². The fourth-order valence-corrected chi connectivity index (χ4v) is 3.90. The summed E-state index contributed by atoms with van der Waals surface area (Å²) in [6.45, 7) is 5.59. The highest BCUT2D eigenvalue weighted by Crippen LogP contribution is 2.37. The summed E-state index contributed by atoms with van der Waals surface area (Å²) in [4.78, 5) is 12.6. The Morgan fingerprint density at radius 2 is 2.04 bits per heavy atom. The second-order valence-electron chi connectivity index (χ2n) is 7.32. The number of rotatable bonds is 3. The van der Waals surface area contributed by atoms with E-state index in [2.05, 4.69) is 21.2 Å². The van der Waals surface area contributed by atoms with Crippen LogP contribution >= 0.6 is 15.9 Å². The van der Waals surface area contributed by atoms with E-state index in [0.29, 0.717) is 35.1 Å². The third kappa shape index (κ3) is 3.43. The summed E-state index contributed by atoms with van der Waals surface area (Å²) in [5.74, 6) is -0.376. The van der Waals surface area contributed by atoms with E-state index < -0.39 is 5.60 Å². The lowest BCUT2D eigenvalue weighted by molar-refractivity contribution is -0.0998. The fourth-order valence-electron chi connectivity index (χ4n) is 3.33. The average molecular weight is 409 g/mol. The highest BCUT2D eigenvalue weighted by molar-refractivity contribution is 9.10. The third-order valence-corrected chi connectivity index (χ3v) is 5.85. The Morgan fingerprint density at radius 1 is 1.32 bits per heavy atom. The molecule has 6 heteroatoms. The van der Waals surface area contributed by atoms with Gasteiger partial charge in [-0.1, -0.05) is 32.0 Å². The molecule has 0 aliphatic carbocycles. The van der Waals surface area contributed by atoms with Crippen LogP contribution in [0.25, 0.3) is 11.1 Å². The van der Waals surface area contributed by atoms with Crippen molar-refractivity contribution in [1.82, 2.24) is 9.88 Å². The number of aromatic nitrogens is 1. The molecule has 25 heavy (non-hydrogen) atoms. The second-order valence-corrected chi connectivity index (χ2v) is 8.18. The van der Waals surface area contributed by atoms with Crippen molar-refractivity contribution in [2.75, 3.05) is 13.1 Å². The van der Waals surface area contributed by atoms with Gasteiger partial charge in [0.2, 0.25) is 0 Å². The van der Waals surface area contributed by atoms with E-state index in [4.69, 9.17) is 0 Å². The summed E-state index contributed by atoms with van der Waals surface area (Å²) in [5.41, 5.74) is -0.720. The van der Waals surface area contributed by atoms with Gasteiger partial charge >= 0.3 is 0 Å². The van der Waals surface area contributed by atoms with Crippen molar-refractivity contribution in [3.63, 3.8) is 0 Å². The summed E-state index contributed by atoms with van der Waals surface area (Å²) in [5, 5.41) is 14.4. The van der Waals surface area contributed by atoms with Gasteiger partial charge in [0.25, 0.3) is 5.56 Å². The van der Waals surface area contributed by atoms with E-state index in [1.165, 1.54) is 16.7 Å². The van der Waals surface area contributed by atoms with Gasteiger partial charge in [-0.2, -0.15) is 0 Å². The van der Waals surface area contributed by atoms with Crippen LogP contribution in [0.1, 0.15) is 20.3 Å². The zero-order valence-corrected chi connectivity index (χ0v) is 15.9. The van der Waals surface area contributed by atoms with Gasteiger partial charge in [-0.3, -0.25) is 4.79 Å². The number of pyridine rings is 1. The molecule has 0 saturated carbocycles. The summed E-state index contributed by atoms with van der Waals surface area (Å²) in [7, 11) is 0. The zero-order chi connectivity index (χ0) is 18.2. The molecule has 134 valence electrons. The number of piperidine rings is 1.